The second-order valence-corrected chi connectivity index (χ2v) is 9.33. The summed E-state index contributed by atoms with van der Waals surface area (Å²) in [5, 5.41) is 0. The number of hydrogen-bond donors (Lipinski definition) is 0. The molecule has 1 saturated carbocycles. The molecule has 3 aliphatic rings. The molecular weight excluding hydrogens is 376 g/mol. The SMILES string of the molecule is Cc1ccc(C2=C(N3CC(C)OC(C)C3)C(=O)N(C3CCCCCC3)C2=O)c(C)c1. The average molecular weight is 411 g/mol. The van der Waals surface area contributed by atoms with Crippen LogP contribution in [0.25, 0.3) is 5.57 Å². The van der Waals surface area contributed by atoms with Gasteiger partial charge < -0.3 is 9.64 Å². The van der Waals surface area contributed by atoms with E-state index in [1.165, 1.54) is 12.8 Å². The van der Waals surface area contributed by atoms with Gasteiger partial charge in [-0.1, -0.05) is 49.4 Å². The summed E-state index contributed by atoms with van der Waals surface area (Å²) in [6.45, 7) is 9.41. The quantitative estimate of drug-likeness (QED) is 0.553. The third kappa shape index (κ3) is 3.92. The zero-order valence-corrected chi connectivity index (χ0v) is 18.7. The van der Waals surface area contributed by atoms with Crippen molar-refractivity contribution in [2.75, 3.05) is 13.1 Å². The van der Waals surface area contributed by atoms with E-state index in [0.29, 0.717) is 24.4 Å². The van der Waals surface area contributed by atoms with Gasteiger partial charge >= 0.3 is 0 Å². The Hall–Kier alpha value is -2.14. The molecule has 0 radical (unpaired) electrons. The van der Waals surface area contributed by atoms with Crippen LogP contribution in [0.2, 0.25) is 0 Å². The minimum absolute atomic E-state index is 0.0154. The lowest BCUT2D eigenvalue weighted by molar-refractivity contribution is -0.141. The van der Waals surface area contributed by atoms with Crippen molar-refractivity contribution in [2.24, 2.45) is 0 Å². The molecule has 5 heteroatoms. The van der Waals surface area contributed by atoms with Crippen molar-refractivity contribution in [3.8, 4) is 0 Å². The van der Waals surface area contributed by atoms with Crippen LogP contribution in [0.4, 0.5) is 0 Å². The fourth-order valence-corrected chi connectivity index (χ4v) is 5.37. The van der Waals surface area contributed by atoms with Crippen molar-refractivity contribution in [3.63, 3.8) is 0 Å². The molecule has 1 aromatic carbocycles. The predicted molar refractivity (Wildman–Crippen MR) is 118 cm³/mol. The van der Waals surface area contributed by atoms with Crippen molar-refractivity contribution < 1.29 is 14.3 Å². The van der Waals surface area contributed by atoms with E-state index in [0.717, 1.165) is 42.4 Å². The first-order valence-electron chi connectivity index (χ1n) is 11.5. The van der Waals surface area contributed by atoms with Gasteiger partial charge in [0.1, 0.15) is 5.70 Å². The summed E-state index contributed by atoms with van der Waals surface area (Å²) in [6, 6.07) is 6.15. The van der Waals surface area contributed by atoms with Crippen LogP contribution in [0.5, 0.6) is 0 Å². The highest BCUT2D eigenvalue weighted by molar-refractivity contribution is 6.36. The van der Waals surface area contributed by atoms with Gasteiger partial charge in [-0.15, -0.1) is 0 Å². The number of nitrogens with zero attached hydrogens (tertiary/aromatic N) is 2. The molecule has 2 heterocycles. The normalized spacial score (nSPS) is 26.5. The topological polar surface area (TPSA) is 49.9 Å². The van der Waals surface area contributed by atoms with Gasteiger partial charge in [0.2, 0.25) is 0 Å². The van der Waals surface area contributed by atoms with E-state index in [9.17, 15) is 9.59 Å². The van der Waals surface area contributed by atoms with Gasteiger partial charge in [0.05, 0.1) is 17.8 Å². The molecule has 0 aromatic heterocycles. The Balaban J connectivity index is 1.79. The van der Waals surface area contributed by atoms with Crippen molar-refractivity contribution in [2.45, 2.75) is 84.5 Å². The van der Waals surface area contributed by atoms with Crippen LogP contribution in [0, 0.1) is 13.8 Å². The maximum Gasteiger partial charge on any atom is 0.278 e. The molecule has 0 bridgehead atoms. The third-order valence-electron chi connectivity index (χ3n) is 6.67. The van der Waals surface area contributed by atoms with Crippen LogP contribution in [0.1, 0.15) is 69.1 Å². The van der Waals surface area contributed by atoms with Gasteiger partial charge in [0, 0.05) is 19.1 Å². The van der Waals surface area contributed by atoms with Gasteiger partial charge in [-0.05, 0) is 51.7 Å². The highest BCUT2D eigenvalue weighted by Crippen LogP contribution is 2.37. The molecule has 4 rings (SSSR count). The summed E-state index contributed by atoms with van der Waals surface area (Å²) in [4.78, 5) is 31.2. The Kier molecular flexibility index (Phi) is 6.01. The van der Waals surface area contributed by atoms with Crippen molar-refractivity contribution >= 4 is 17.4 Å². The van der Waals surface area contributed by atoms with Crippen LogP contribution in [0.3, 0.4) is 0 Å². The van der Waals surface area contributed by atoms with Gasteiger partial charge in [0.15, 0.2) is 0 Å². The van der Waals surface area contributed by atoms with Crippen molar-refractivity contribution in [1.82, 2.24) is 9.80 Å². The Labute approximate surface area is 180 Å². The highest BCUT2D eigenvalue weighted by atomic mass is 16.5. The molecular formula is C25H34N2O3. The summed E-state index contributed by atoms with van der Waals surface area (Å²) in [6.07, 6.45) is 6.43. The maximum absolute atomic E-state index is 13.8. The minimum atomic E-state index is -0.111. The van der Waals surface area contributed by atoms with Crippen LogP contribution >= 0.6 is 0 Å². The number of rotatable bonds is 3. The summed E-state index contributed by atoms with van der Waals surface area (Å²) in [5.41, 5.74) is 4.25. The van der Waals surface area contributed by atoms with Gasteiger partial charge in [-0.25, -0.2) is 0 Å². The molecule has 2 aliphatic heterocycles. The van der Waals surface area contributed by atoms with Gasteiger partial charge in [-0.2, -0.15) is 0 Å². The standard InChI is InChI=1S/C25H34N2O3/c1-16-11-12-21(17(2)13-16)22-23(26-14-18(3)30-19(4)15-26)25(29)27(24(22)28)20-9-7-5-6-8-10-20/h11-13,18-20H,5-10,14-15H2,1-4H3. The zero-order valence-electron chi connectivity index (χ0n) is 18.7. The molecule has 1 aliphatic carbocycles. The monoisotopic (exact) mass is 410 g/mol. The smallest absolute Gasteiger partial charge is 0.278 e. The van der Waals surface area contributed by atoms with E-state index in [2.05, 4.69) is 17.9 Å². The van der Waals surface area contributed by atoms with Crippen LogP contribution in [-0.4, -0.2) is 53.0 Å². The van der Waals surface area contributed by atoms with E-state index in [-0.39, 0.29) is 30.1 Å². The summed E-state index contributed by atoms with van der Waals surface area (Å²) >= 11 is 0. The molecule has 2 atom stereocenters. The number of benzene rings is 1. The van der Waals surface area contributed by atoms with E-state index < -0.39 is 0 Å². The van der Waals surface area contributed by atoms with E-state index >= 15 is 0 Å². The van der Waals surface area contributed by atoms with Crippen LogP contribution in [0.15, 0.2) is 23.9 Å². The molecule has 0 spiro atoms. The first-order chi connectivity index (χ1) is 14.4. The van der Waals surface area contributed by atoms with Crippen LogP contribution in [-0.2, 0) is 14.3 Å². The van der Waals surface area contributed by atoms with Crippen molar-refractivity contribution in [1.29, 1.82) is 0 Å². The summed E-state index contributed by atoms with van der Waals surface area (Å²) < 4.78 is 5.90. The molecule has 2 fully saturated rings. The molecule has 5 nitrogen and oxygen atoms in total. The number of imide groups is 1. The maximum atomic E-state index is 13.8. The van der Waals surface area contributed by atoms with E-state index in [1.54, 1.807) is 4.90 Å². The molecule has 2 unspecified atom stereocenters. The fourth-order valence-electron chi connectivity index (χ4n) is 5.37. The van der Waals surface area contributed by atoms with E-state index in [1.807, 2.05) is 32.9 Å². The molecule has 0 N–H and O–H groups in total. The molecule has 162 valence electrons. The summed E-state index contributed by atoms with van der Waals surface area (Å²) in [7, 11) is 0. The first kappa shape index (κ1) is 21.1. The lowest BCUT2D eigenvalue weighted by Gasteiger charge is -2.37. The number of carbonyl (C=O) groups excluding carboxylic acids is 2. The molecule has 30 heavy (non-hydrogen) atoms. The Morgan fingerprint density at radius 1 is 0.900 bits per heavy atom. The fraction of sp³-hybridized carbons (Fsp3) is 0.600. The average Bonchev–Trinajstić information content (AvgIpc) is 2.84. The number of ether oxygens (including phenoxy) is 1. The molecule has 1 saturated heterocycles. The van der Waals surface area contributed by atoms with E-state index in [4.69, 9.17) is 4.74 Å². The zero-order chi connectivity index (χ0) is 21.4. The predicted octanol–water partition coefficient (Wildman–Crippen LogP) is 4.22. The second kappa shape index (κ2) is 8.54. The number of morpholine rings is 1. The third-order valence-corrected chi connectivity index (χ3v) is 6.67. The minimum Gasteiger partial charge on any atom is -0.372 e. The Morgan fingerprint density at radius 3 is 2.13 bits per heavy atom. The number of carbonyl (C=O) groups is 2. The van der Waals surface area contributed by atoms with Crippen LogP contribution < -0.4 is 0 Å². The van der Waals surface area contributed by atoms with Crippen molar-refractivity contribution in [3.05, 3.63) is 40.6 Å². The molecule has 2 amide bonds. The largest absolute Gasteiger partial charge is 0.372 e. The van der Waals surface area contributed by atoms with Gasteiger partial charge in [-0.3, -0.25) is 14.5 Å². The lowest BCUT2D eigenvalue weighted by Crippen LogP contribution is -2.48. The Bertz CT molecular complexity index is 857. The Morgan fingerprint density at radius 2 is 1.53 bits per heavy atom. The highest BCUT2D eigenvalue weighted by Gasteiger charge is 2.46. The lowest BCUT2D eigenvalue weighted by atomic mass is 9.97. The van der Waals surface area contributed by atoms with Gasteiger partial charge in [0.25, 0.3) is 11.8 Å². The summed E-state index contributed by atoms with van der Waals surface area (Å²) in [5.74, 6) is -0.219. The number of hydrogen-bond acceptors (Lipinski definition) is 4. The number of aryl methyl sites for hydroxylation is 2. The first-order valence-corrected chi connectivity index (χ1v) is 11.5. The molecule has 1 aromatic rings. The number of amides is 2. The second-order valence-electron chi connectivity index (χ2n) is 9.33.